The molecule has 0 aliphatic carbocycles. The van der Waals surface area contributed by atoms with Gasteiger partial charge < -0.3 is 11.1 Å². The average Bonchev–Trinajstić information content (AvgIpc) is 2.98. The summed E-state index contributed by atoms with van der Waals surface area (Å²) < 4.78 is 1.75. The fourth-order valence-corrected chi connectivity index (χ4v) is 2.24. The van der Waals surface area contributed by atoms with Gasteiger partial charge in [0, 0.05) is 24.5 Å². The molecule has 2 heterocycles. The molecule has 0 aromatic carbocycles. The topological polar surface area (TPSA) is 85.8 Å². The van der Waals surface area contributed by atoms with Crippen molar-refractivity contribution in [1.82, 2.24) is 14.8 Å². The van der Waals surface area contributed by atoms with E-state index >= 15 is 0 Å². The Bertz CT molecular complexity index is 533. The second-order valence-corrected chi connectivity index (χ2v) is 4.65. The molecule has 2 aromatic rings. The number of nitrogens with zero attached hydrogens (tertiary/aromatic N) is 3. The maximum atomic E-state index is 11.9. The van der Waals surface area contributed by atoms with Gasteiger partial charge >= 0.3 is 0 Å². The summed E-state index contributed by atoms with van der Waals surface area (Å²) in [5, 5.41) is 9.46. The van der Waals surface area contributed by atoms with Gasteiger partial charge in [0.1, 0.15) is 5.69 Å². The zero-order chi connectivity index (χ0) is 13.0. The van der Waals surface area contributed by atoms with Crippen molar-refractivity contribution >= 4 is 22.9 Å². The van der Waals surface area contributed by atoms with E-state index in [1.165, 1.54) is 11.3 Å². The molecule has 0 saturated heterocycles. The second-order valence-electron chi connectivity index (χ2n) is 3.70. The first-order valence-corrected chi connectivity index (χ1v) is 6.59. The Balaban J connectivity index is 2.02. The van der Waals surface area contributed by atoms with Crippen molar-refractivity contribution in [1.29, 1.82) is 0 Å². The van der Waals surface area contributed by atoms with Gasteiger partial charge in [-0.1, -0.05) is 0 Å². The van der Waals surface area contributed by atoms with Crippen LogP contribution in [0.1, 0.15) is 22.4 Å². The number of carbonyl (C=O) groups is 1. The van der Waals surface area contributed by atoms with Crippen molar-refractivity contribution in [3.05, 3.63) is 28.5 Å². The first-order chi connectivity index (χ1) is 8.72. The molecule has 0 spiro atoms. The van der Waals surface area contributed by atoms with Crippen molar-refractivity contribution in [2.24, 2.45) is 5.73 Å². The van der Waals surface area contributed by atoms with E-state index < -0.39 is 0 Å². The molecule has 1 amide bonds. The van der Waals surface area contributed by atoms with E-state index in [0.717, 1.165) is 11.6 Å². The van der Waals surface area contributed by atoms with Gasteiger partial charge in [-0.15, -0.1) is 11.3 Å². The first-order valence-electron chi connectivity index (χ1n) is 5.71. The zero-order valence-electron chi connectivity index (χ0n) is 10.1. The Morgan fingerprint density at radius 3 is 3.11 bits per heavy atom. The van der Waals surface area contributed by atoms with Crippen LogP contribution in [-0.2, 0) is 13.0 Å². The molecule has 6 nitrogen and oxygen atoms in total. The molecule has 0 unspecified atom stereocenters. The minimum atomic E-state index is -0.217. The highest BCUT2D eigenvalue weighted by molar-refractivity contribution is 7.09. The minimum absolute atomic E-state index is 0.217. The lowest BCUT2D eigenvalue weighted by atomic mass is 10.4. The quantitative estimate of drug-likeness (QED) is 0.848. The van der Waals surface area contributed by atoms with Gasteiger partial charge in [-0.3, -0.25) is 9.48 Å². The molecule has 0 atom stereocenters. The number of rotatable bonds is 5. The minimum Gasteiger partial charge on any atom is -0.330 e. The van der Waals surface area contributed by atoms with Gasteiger partial charge in [0.05, 0.1) is 16.9 Å². The average molecular weight is 265 g/mol. The van der Waals surface area contributed by atoms with Crippen molar-refractivity contribution < 1.29 is 4.79 Å². The van der Waals surface area contributed by atoms with Crippen molar-refractivity contribution in [2.45, 2.75) is 19.9 Å². The van der Waals surface area contributed by atoms with Crippen LogP contribution >= 0.6 is 11.3 Å². The molecule has 2 rings (SSSR count). The number of amides is 1. The Morgan fingerprint density at radius 1 is 1.61 bits per heavy atom. The molecular weight excluding hydrogens is 250 g/mol. The second kappa shape index (κ2) is 5.74. The van der Waals surface area contributed by atoms with E-state index in [9.17, 15) is 4.79 Å². The lowest BCUT2D eigenvalue weighted by molar-refractivity contribution is 0.102. The summed E-state index contributed by atoms with van der Waals surface area (Å²) in [5.41, 5.74) is 6.54. The zero-order valence-corrected chi connectivity index (χ0v) is 10.9. The maximum Gasteiger partial charge on any atom is 0.275 e. The highest BCUT2D eigenvalue weighted by Crippen LogP contribution is 2.12. The lowest BCUT2D eigenvalue weighted by Crippen LogP contribution is -2.12. The normalized spacial score (nSPS) is 10.6. The van der Waals surface area contributed by atoms with E-state index in [4.69, 9.17) is 5.73 Å². The molecule has 0 aliphatic rings. The summed E-state index contributed by atoms with van der Waals surface area (Å²) in [6.07, 6.45) is 4.10. The summed E-state index contributed by atoms with van der Waals surface area (Å²) >= 11 is 1.45. The molecule has 0 fully saturated rings. The molecule has 18 heavy (non-hydrogen) atoms. The Morgan fingerprint density at radius 2 is 2.44 bits per heavy atom. The van der Waals surface area contributed by atoms with E-state index in [-0.39, 0.29) is 5.91 Å². The maximum absolute atomic E-state index is 11.9. The third-order valence-corrected chi connectivity index (χ3v) is 3.27. The molecule has 0 bridgehead atoms. The van der Waals surface area contributed by atoms with Crippen LogP contribution in [0.5, 0.6) is 0 Å². The van der Waals surface area contributed by atoms with Gasteiger partial charge in [-0.2, -0.15) is 5.10 Å². The van der Waals surface area contributed by atoms with Crippen molar-refractivity contribution in [3.8, 4) is 0 Å². The van der Waals surface area contributed by atoms with Crippen LogP contribution in [0.15, 0.2) is 17.8 Å². The van der Waals surface area contributed by atoms with Gasteiger partial charge in [-0.25, -0.2) is 4.98 Å². The van der Waals surface area contributed by atoms with E-state index in [1.54, 1.807) is 22.5 Å². The van der Waals surface area contributed by atoms with E-state index in [2.05, 4.69) is 15.4 Å². The molecule has 7 heteroatoms. The fourth-order valence-electron chi connectivity index (χ4n) is 1.45. The summed E-state index contributed by atoms with van der Waals surface area (Å²) in [4.78, 5) is 16.1. The summed E-state index contributed by atoms with van der Waals surface area (Å²) in [6.45, 7) is 3.29. The standard InChI is InChI=1S/C11H15N5OS/c1-2-16-6-8(5-13-16)14-11(17)9-7-18-10(15-9)3-4-12/h5-7H,2-4,12H2,1H3,(H,14,17). The molecule has 0 aliphatic heterocycles. The highest BCUT2D eigenvalue weighted by Gasteiger charge is 2.11. The number of thiazole rings is 1. The first kappa shape index (κ1) is 12.7. The summed E-state index contributed by atoms with van der Waals surface area (Å²) in [6, 6.07) is 0. The van der Waals surface area contributed by atoms with Gasteiger partial charge in [0.15, 0.2) is 0 Å². The number of aryl methyl sites for hydroxylation is 1. The monoisotopic (exact) mass is 265 g/mol. The number of nitrogens with two attached hydrogens (primary N) is 1. The van der Waals surface area contributed by atoms with Gasteiger partial charge in [0.25, 0.3) is 5.91 Å². The number of hydrogen-bond acceptors (Lipinski definition) is 5. The van der Waals surface area contributed by atoms with Crippen LogP contribution in [0.3, 0.4) is 0 Å². The van der Waals surface area contributed by atoms with Crippen LogP contribution < -0.4 is 11.1 Å². The molecule has 3 N–H and O–H groups in total. The number of hydrogen-bond donors (Lipinski definition) is 2. The van der Waals surface area contributed by atoms with Crippen LogP contribution in [0.25, 0.3) is 0 Å². The SMILES string of the molecule is CCn1cc(NC(=O)c2csc(CCN)n2)cn1. The Hall–Kier alpha value is -1.73. The predicted molar refractivity (Wildman–Crippen MR) is 70.7 cm³/mol. The third kappa shape index (κ3) is 2.93. The smallest absolute Gasteiger partial charge is 0.275 e. The van der Waals surface area contributed by atoms with Crippen LogP contribution in [0.2, 0.25) is 0 Å². The van der Waals surface area contributed by atoms with Crippen molar-refractivity contribution in [3.63, 3.8) is 0 Å². The summed E-state index contributed by atoms with van der Waals surface area (Å²) in [5.74, 6) is -0.217. The number of carbonyl (C=O) groups excluding carboxylic acids is 1. The third-order valence-electron chi connectivity index (χ3n) is 2.36. The number of aromatic nitrogens is 3. The highest BCUT2D eigenvalue weighted by atomic mass is 32.1. The van der Waals surface area contributed by atoms with E-state index in [1.807, 2.05) is 6.92 Å². The fraction of sp³-hybridized carbons (Fsp3) is 0.364. The summed E-state index contributed by atoms with van der Waals surface area (Å²) in [7, 11) is 0. The van der Waals surface area contributed by atoms with Crippen molar-refractivity contribution in [2.75, 3.05) is 11.9 Å². The van der Waals surface area contributed by atoms with Crippen LogP contribution in [0, 0.1) is 0 Å². The number of nitrogens with one attached hydrogen (secondary N) is 1. The Labute approximate surface area is 109 Å². The lowest BCUT2D eigenvalue weighted by Gasteiger charge is -1.98. The largest absolute Gasteiger partial charge is 0.330 e. The van der Waals surface area contributed by atoms with Gasteiger partial charge in [-0.05, 0) is 13.5 Å². The van der Waals surface area contributed by atoms with Crippen LogP contribution in [0.4, 0.5) is 5.69 Å². The predicted octanol–water partition coefficient (Wildman–Crippen LogP) is 1.11. The molecule has 0 radical (unpaired) electrons. The van der Waals surface area contributed by atoms with Gasteiger partial charge in [0.2, 0.25) is 0 Å². The molecular formula is C11H15N5OS. The molecule has 0 saturated carbocycles. The Kier molecular flexibility index (Phi) is 4.06. The number of anilines is 1. The van der Waals surface area contributed by atoms with Crippen LogP contribution in [-0.4, -0.2) is 27.2 Å². The molecule has 96 valence electrons. The molecule has 2 aromatic heterocycles. The van der Waals surface area contributed by atoms with E-state index in [0.29, 0.717) is 24.3 Å².